The lowest BCUT2D eigenvalue weighted by Crippen LogP contribution is -2.03. The monoisotopic (exact) mass is 399 g/mol. The number of carbonyl (C=O) groups excluding carboxylic acids is 1. The molecule has 1 aliphatic carbocycles. The molecule has 2 heterocycles. The summed E-state index contributed by atoms with van der Waals surface area (Å²) in [5.41, 5.74) is 2.16. The highest BCUT2D eigenvalue weighted by molar-refractivity contribution is 6.08. The van der Waals surface area contributed by atoms with E-state index in [1.165, 1.54) is 25.7 Å². The molecule has 0 atom stereocenters. The van der Waals surface area contributed by atoms with Crippen molar-refractivity contribution in [1.29, 1.82) is 0 Å². The van der Waals surface area contributed by atoms with E-state index in [9.17, 15) is 4.79 Å². The van der Waals surface area contributed by atoms with E-state index in [0.717, 1.165) is 17.0 Å². The van der Waals surface area contributed by atoms with Gasteiger partial charge in [-0.1, -0.05) is 50.8 Å². The van der Waals surface area contributed by atoms with Crippen molar-refractivity contribution in [3.05, 3.63) is 84.3 Å². The number of nitrogens with zero attached hydrogens (tertiary/aromatic N) is 2. The molecular weight excluding hydrogens is 374 g/mol. The number of H-pyrrole nitrogens is 1. The molecule has 152 valence electrons. The van der Waals surface area contributed by atoms with Crippen molar-refractivity contribution in [1.82, 2.24) is 15.0 Å². The Morgan fingerprint density at radius 2 is 1.70 bits per heavy atom. The summed E-state index contributed by atoms with van der Waals surface area (Å²) >= 11 is 0. The van der Waals surface area contributed by atoms with Gasteiger partial charge in [-0.3, -0.25) is 4.79 Å². The van der Waals surface area contributed by atoms with Gasteiger partial charge in [0.2, 0.25) is 11.7 Å². The maximum absolute atomic E-state index is 12.5. The summed E-state index contributed by atoms with van der Waals surface area (Å²) in [6.07, 6.45) is 7.61. The molecule has 0 aliphatic heterocycles. The van der Waals surface area contributed by atoms with Crippen LogP contribution in [0, 0.1) is 5.92 Å². The van der Waals surface area contributed by atoms with Gasteiger partial charge in [-0.05, 0) is 48.4 Å². The van der Waals surface area contributed by atoms with Crippen LogP contribution in [0.2, 0.25) is 0 Å². The van der Waals surface area contributed by atoms with Crippen LogP contribution in [-0.2, 0) is 0 Å². The number of ether oxygens (including phenoxy) is 1. The molecule has 1 N–H and O–H groups in total. The molecule has 30 heavy (non-hydrogen) atoms. The Morgan fingerprint density at radius 3 is 2.33 bits per heavy atom. The topological polar surface area (TPSA) is 67.9 Å². The first-order chi connectivity index (χ1) is 14.7. The molecule has 4 aromatic rings. The van der Waals surface area contributed by atoms with E-state index >= 15 is 0 Å². The summed E-state index contributed by atoms with van der Waals surface area (Å²) in [6.45, 7) is 2.34. The zero-order valence-electron chi connectivity index (χ0n) is 17.0. The second-order valence-electron chi connectivity index (χ2n) is 7.62. The molecule has 0 amide bonds. The third-order valence-electron chi connectivity index (χ3n) is 5.22. The number of aromatic nitrogens is 3. The van der Waals surface area contributed by atoms with Gasteiger partial charge in [0.15, 0.2) is 5.82 Å². The quantitative estimate of drug-likeness (QED) is 0.416. The number of nitrogens with one attached hydrogen (secondary N) is 1. The van der Waals surface area contributed by atoms with E-state index < -0.39 is 0 Å². The van der Waals surface area contributed by atoms with Crippen molar-refractivity contribution in [3.63, 3.8) is 0 Å². The van der Waals surface area contributed by atoms with E-state index in [0.29, 0.717) is 23.0 Å². The molecule has 0 bridgehead atoms. The van der Waals surface area contributed by atoms with Crippen LogP contribution >= 0.6 is 0 Å². The third kappa shape index (κ3) is 4.92. The fourth-order valence-corrected chi connectivity index (χ4v) is 3.53. The van der Waals surface area contributed by atoms with Crippen LogP contribution in [0.15, 0.2) is 72.9 Å². The molecule has 0 spiro atoms. The fraction of sp³-hybridized carbons (Fsp3) is 0.240. The van der Waals surface area contributed by atoms with E-state index in [1.54, 1.807) is 36.5 Å². The highest BCUT2D eigenvalue weighted by Crippen LogP contribution is 2.23. The molecule has 0 unspecified atom stereocenters. The Hall–Kier alpha value is -3.47. The fourth-order valence-electron chi connectivity index (χ4n) is 3.53. The number of ketones is 1. The van der Waals surface area contributed by atoms with Gasteiger partial charge < -0.3 is 9.72 Å². The van der Waals surface area contributed by atoms with E-state index in [-0.39, 0.29) is 5.78 Å². The molecule has 1 fully saturated rings. The van der Waals surface area contributed by atoms with E-state index in [2.05, 4.69) is 21.9 Å². The normalized spacial score (nSPS) is 13.6. The summed E-state index contributed by atoms with van der Waals surface area (Å²) < 4.78 is 5.62. The molecule has 0 saturated heterocycles. The van der Waals surface area contributed by atoms with Crippen molar-refractivity contribution >= 4 is 16.8 Å². The predicted octanol–water partition coefficient (Wildman–Crippen LogP) is 6.18. The molecule has 1 saturated carbocycles. The lowest BCUT2D eigenvalue weighted by atomic mass is 10.1. The Kier molecular flexibility index (Phi) is 6.18. The van der Waals surface area contributed by atoms with Gasteiger partial charge in [0, 0.05) is 17.8 Å². The molecule has 2 aromatic carbocycles. The lowest BCUT2D eigenvalue weighted by molar-refractivity contribution is 0.103. The van der Waals surface area contributed by atoms with Gasteiger partial charge in [0.25, 0.3) is 0 Å². The van der Waals surface area contributed by atoms with Crippen LogP contribution in [0.3, 0.4) is 0 Å². The standard InChI is InChI=1S/C19H13N3O2.C6H12/c23-18(19-21-15-5-1-2-6-16(15)22-19)13-8-10-14(11-9-13)24-17-7-3-4-12-20-17;1-6-4-2-3-5-6/h1-12H,(H,21,22);6H,2-5H2,1H3. The van der Waals surface area contributed by atoms with Crippen molar-refractivity contribution < 1.29 is 9.53 Å². The summed E-state index contributed by atoms with van der Waals surface area (Å²) in [6, 6.07) is 19.9. The van der Waals surface area contributed by atoms with Gasteiger partial charge in [0.05, 0.1) is 11.0 Å². The van der Waals surface area contributed by atoms with Crippen molar-refractivity contribution in [2.75, 3.05) is 0 Å². The first-order valence-corrected chi connectivity index (χ1v) is 10.4. The molecule has 2 aromatic heterocycles. The summed E-state index contributed by atoms with van der Waals surface area (Å²) in [5, 5.41) is 0. The highest BCUT2D eigenvalue weighted by Gasteiger charge is 2.14. The number of aromatic amines is 1. The zero-order valence-corrected chi connectivity index (χ0v) is 17.0. The second-order valence-corrected chi connectivity index (χ2v) is 7.62. The minimum absolute atomic E-state index is 0.157. The van der Waals surface area contributed by atoms with Gasteiger partial charge in [0.1, 0.15) is 5.75 Å². The van der Waals surface area contributed by atoms with Crippen LogP contribution in [0.4, 0.5) is 0 Å². The van der Waals surface area contributed by atoms with Gasteiger partial charge in [-0.15, -0.1) is 0 Å². The third-order valence-corrected chi connectivity index (χ3v) is 5.22. The maximum Gasteiger partial charge on any atom is 0.228 e. The van der Waals surface area contributed by atoms with Gasteiger partial charge >= 0.3 is 0 Å². The molecule has 5 rings (SSSR count). The number of imidazole rings is 1. The Morgan fingerprint density at radius 1 is 0.967 bits per heavy atom. The number of hydrogen-bond donors (Lipinski definition) is 1. The van der Waals surface area contributed by atoms with Crippen LogP contribution in [0.25, 0.3) is 11.0 Å². The molecular formula is C25H25N3O2. The minimum atomic E-state index is -0.157. The zero-order chi connectivity index (χ0) is 20.8. The molecule has 1 aliphatic rings. The SMILES string of the molecule is CC1CCCC1.O=C(c1ccc(Oc2ccccn2)cc1)c1nc2ccccc2[nH]1. The summed E-state index contributed by atoms with van der Waals surface area (Å²) in [5.74, 6) is 2.35. The van der Waals surface area contributed by atoms with Crippen molar-refractivity contribution in [2.45, 2.75) is 32.6 Å². The van der Waals surface area contributed by atoms with Gasteiger partial charge in [-0.2, -0.15) is 0 Å². The summed E-state index contributed by atoms with van der Waals surface area (Å²) in [4.78, 5) is 24.0. The second kappa shape index (κ2) is 9.35. The van der Waals surface area contributed by atoms with Crippen LogP contribution < -0.4 is 4.74 Å². The van der Waals surface area contributed by atoms with Crippen LogP contribution in [0.5, 0.6) is 11.6 Å². The number of hydrogen-bond acceptors (Lipinski definition) is 4. The first-order valence-electron chi connectivity index (χ1n) is 10.4. The van der Waals surface area contributed by atoms with E-state index in [1.807, 2.05) is 36.4 Å². The minimum Gasteiger partial charge on any atom is -0.439 e. The van der Waals surface area contributed by atoms with Crippen LogP contribution in [-0.4, -0.2) is 20.7 Å². The summed E-state index contributed by atoms with van der Waals surface area (Å²) in [7, 11) is 0. The number of rotatable bonds is 4. The Balaban J connectivity index is 0.000000313. The number of fused-ring (bicyclic) bond motifs is 1. The highest BCUT2D eigenvalue weighted by atomic mass is 16.5. The molecule has 5 nitrogen and oxygen atoms in total. The van der Waals surface area contributed by atoms with Crippen LogP contribution in [0.1, 0.15) is 48.8 Å². The average molecular weight is 399 g/mol. The predicted molar refractivity (Wildman–Crippen MR) is 118 cm³/mol. The molecule has 5 heteroatoms. The number of para-hydroxylation sites is 2. The largest absolute Gasteiger partial charge is 0.439 e. The number of pyridine rings is 1. The van der Waals surface area contributed by atoms with Gasteiger partial charge in [-0.25, -0.2) is 9.97 Å². The smallest absolute Gasteiger partial charge is 0.228 e. The van der Waals surface area contributed by atoms with E-state index in [4.69, 9.17) is 4.74 Å². The Labute approximate surface area is 176 Å². The van der Waals surface area contributed by atoms with Crippen molar-refractivity contribution in [3.8, 4) is 11.6 Å². The lowest BCUT2D eigenvalue weighted by Gasteiger charge is -2.04. The molecule has 0 radical (unpaired) electrons. The number of carbonyl (C=O) groups is 1. The first kappa shape index (κ1) is 19.8. The maximum atomic E-state index is 12.5. The van der Waals surface area contributed by atoms with Crippen molar-refractivity contribution in [2.24, 2.45) is 5.92 Å². The Bertz CT molecular complexity index is 1070. The number of benzene rings is 2. The average Bonchev–Trinajstić information content (AvgIpc) is 3.44.